The van der Waals surface area contributed by atoms with E-state index in [9.17, 15) is 9.50 Å². The minimum absolute atomic E-state index is 0.211. The number of nitrogens with zero attached hydrogens (tertiary/aromatic N) is 4. The molecule has 0 amide bonds. The molecule has 6 nitrogen and oxygen atoms in total. The van der Waals surface area contributed by atoms with Crippen molar-refractivity contribution in [3.63, 3.8) is 0 Å². The smallest absolute Gasteiger partial charge is 0.229 e. The van der Waals surface area contributed by atoms with Gasteiger partial charge in [0.1, 0.15) is 0 Å². The summed E-state index contributed by atoms with van der Waals surface area (Å²) in [5, 5.41) is 12.9. The van der Waals surface area contributed by atoms with Crippen LogP contribution < -0.4 is 5.32 Å². The summed E-state index contributed by atoms with van der Waals surface area (Å²) in [4.78, 5) is 10.7. The molecule has 1 atom stereocenters. The second-order valence-corrected chi connectivity index (χ2v) is 7.92. The van der Waals surface area contributed by atoms with Crippen LogP contribution >= 0.6 is 0 Å². The van der Waals surface area contributed by atoms with Crippen molar-refractivity contribution in [2.75, 3.05) is 18.4 Å². The minimum atomic E-state index is -0.478. The lowest BCUT2D eigenvalue weighted by Gasteiger charge is -2.14. The van der Waals surface area contributed by atoms with Crippen molar-refractivity contribution in [3.8, 4) is 5.82 Å². The number of anilines is 2. The van der Waals surface area contributed by atoms with Crippen LogP contribution in [0.5, 0.6) is 0 Å². The number of likely N-dealkylation sites (tertiary alicyclic amines) is 1. The standard InChI is InChI=1S/C22H26FN5O/c1-14-6-15(2)8-18(7-14)25-22-24-9-20(23)21(26-22)28-10-16(3)17(12-28)11-27-5-4-19(29)13-27/h6-10,12,19,29H,4-5,11,13H2,1-3H3,(H,24,25,26)/t19-/m0/s1. The van der Waals surface area contributed by atoms with Crippen molar-refractivity contribution in [2.45, 2.75) is 39.8 Å². The molecule has 1 aliphatic heterocycles. The molecule has 0 radical (unpaired) electrons. The number of hydrogen-bond donors (Lipinski definition) is 2. The molecule has 2 N–H and O–H groups in total. The lowest BCUT2D eigenvalue weighted by atomic mass is 10.1. The zero-order valence-corrected chi connectivity index (χ0v) is 17.0. The number of nitrogens with one attached hydrogen (secondary N) is 1. The summed E-state index contributed by atoms with van der Waals surface area (Å²) in [6.07, 6.45) is 5.53. The second-order valence-electron chi connectivity index (χ2n) is 7.92. The number of halogens is 1. The largest absolute Gasteiger partial charge is 0.392 e. The number of aromatic nitrogens is 3. The first-order valence-corrected chi connectivity index (χ1v) is 9.83. The molecule has 29 heavy (non-hydrogen) atoms. The number of aliphatic hydroxyl groups is 1. The topological polar surface area (TPSA) is 66.2 Å². The summed E-state index contributed by atoms with van der Waals surface area (Å²) in [6, 6.07) is 6.09. The molecule has 0 spiro atoms. The first-order chi connectivity index (χ1) is 13.9. The van der Waals surface area contributed by atoms with E-state index in [0.717, 1.165) is 47.5 Å². The summed E-state index contributed by atoms with van der Waals surface area (Å²) < 4.78 is 16.2. The van der Waals surface area contributed by atoms with E-state index in [0.29, 0.717) is 12.5 Å². The lowest BCUT2D eigenvalue weighted by molar-refractivity contribution is 0.174. The molecule has 0 bridgehead atoms. The Bertz CT molecular complexity index is 1010. The van der Waals surface area contributed by atoms with Gasteiger partial charge in [-0.1, -0.05) is 6.07 Å². The Labute approximate surface area is 170 Å². The van der Waals surface area contributed by atoms with Crippen molar-refractivity contribution in [1.82, 2.24) is 19.4 Å². The number of β-amino-alcohol motifs (C(OH)–C–C–N with tert-alkyl or cyclic N) is 1. The van der Waals surface area contributed by atoms with Gasteiger partial charge < -0.3 is 15.0 Å². The van der Waals surface area contributed by atoms with E-state index in [1.165, 1.54) is 6.20 Å². The molecule has 1 aliphatic rings. The first-order valence-electron chi connectivity index (χ1n) is 9.83. The average Bonchev–Trinajstić information content (AvgIpc) is 3.22. The number of aliphatic hydroxyl groups excluding tert-OH is 1. The van der Waals surface area contributed by atoms with E-state index in [1.807, 2.05) is 45.3 Å². The van der Waals surface area contributed by atoms with E-state index >= 15 is 0 Å². The molecule has 1 saturated heterocycles. The molecular formula is C22H26FN5O. The van der Waals surface area contributed by atoms with Crippen molar-refractivity contribution < 1.29 is 9.50 Å². The quantitative estimate of drug-likeness (QED) is 0.690. The lowest BCUT2D eigenvalue weighted by Crippen LogP contribution is -2.21. The van der Waals surface area contributed by atoms with Gasteiger partial charge in [0.2, 0.25) is 5.95 Å². The zero-order chi connectivity index (χ0) is 20.5. The van der Waals surface area contributed by atoms with E-state index in [-0.39, 0.29) is 11.9 Å². The van der Waals surface area contributed by atoms with Gasteiger partial charge in [0.25, 0.3) is 0 Å². The van der Waals surface area contributed by atoms with Gasteiger partial charge in [-0.2, -0.15) is 4.98 Å². The number of benzene rings is 1. The third-order valence-corrected chi connectivity index (χ3v) is 5.22. The van der Waals surface area contributed by atoms with Gasteiger partial charge in [0.15, 0.2) is 11.6 Å². The van der Waals surface area contributed by atoms with Crippen LogP contribution in [0.25, 0.3) is 5.82 Å². The van der Waals surface area contributed by atoms with E-state index in [1.54, 1.807) is 4.57 Å². The molecular weight excluding hydrogens is 369 g/mol. The minimum Gasteiger partial charge on any atom is -0.392 e. The molecule has 0 unspecified atom stereocenters. The van der Waals surface area contributed by atoms with Gasteiger partial charge in [-0.05, 0) is 61.6 Å². The Morgan fingerprint density at radius 1 is 1.17 bits per heavy atom. The molecule has 2 aromatic heterocycles. The van der Waals surface area contributed by atoms with Gasteiger partial charge in [-0.3, -0.25) is 4.90 Å². The Morgan fingerprint density at radius 3 is 2.62 bits per heavy atom. The fourth-order valence-electron chi connectivity index (χ4n) is 3.86. The molecule has 3 aromatic rings. The molecule has 3 heterocycles. The second kappa shape index (κ2) is 7.93. The van der Waals surface area contributed by atoms with Crippen LogP contribution in [0.4, 0.5) is 16.0 Å². The van der Waals surface area contributed by atoms with E-state index in [2.05, 4.69) is 26.3 Å². The highest BCUT2D eigenvalue weighted by atomic mass is 19.1. The van der Waals surface area contributed by atoms with E-state index < -0.39 is 5.82 Å². The molecule has 1 fully saturated rings. The molecule has 7 heteroatoms. The van der Waals surface area contributed by atoms with Crippen molar-refractivity contribution >= 4 is 11.6 Å². The summed E-state index contributed by atoms with van der Waals surface area (Å²) in [5.41, 5.74) is 5.30. The summed E-state index contributed by atoms with van der Waals surface area (Å²) in [7, 11) is 0. The van der Waals surface area contributed by atoms with Crippen LogP contribution in [0, 0.1) is 26.6 Å². The molecule has 1 aromatic carbocycles. The summed E-state index contributed by atoms with van der Waals surface area (Å²) in [5.74, 6) is 0.0822. The van der Waals surface area contributed by atoms with Crippen LogP contribution in [0.3, 0.4) is 0 Å². The Balaban J connectivity index is 1.58. The highest BCUT2D eigenvalue weighted by Crippen LogP contribution is 2.22. The fourth-order valence-corrected chi connectivity index (χ4v) is 3.86. The van der Waals surface area contributed by atoms with Crippen LogP contribution in [0.2, 0.25) is 0 Å². The molecule has 0 aliphatic carbocycles. The maximum absolute atomic E-state index is 14.5. The summed E-state index contributed by atoms with van der Waals surface area (Å²) >= 11 is 0. The van der Waals surface area contributed by atoms with Crippen molar-refractivity contribution in [2.24, 2.45) is 0 Å². The number of hydrogen-bond acceptors (Lipinski definition) is 5. The highest BCUT2D eigenvalue weighted by Gasteiger charge is 2.21. The fraction of sp³-hybridized carbons (Fsp3) is 0.364. The molecule has 4 rings (SSSR count). The van der Waals surface area contributed by atoms with E-state index in [4.69, 9.17) is 0 Å². The monoisotopic (exact) mass is 395 g/mol. The van der Waals surface area contributed by atoms with Gasteiger partial charge in [-0.25, -0.2) is 9.37 Å². The Hall–Kier alpha value is -2.77. The van der Waals surface area contributed by atoms with Gasteiger partial charge in [0.05, 0.1) is 12.3 Å². The van der Waals surface area contributed by atoms with Crippen LogP contribution in [-0.4, -0.2) is 43.7 Å². The van der Waals surface area contributed by atoms with Crippen LogP contribution in [0.15, 0.2) is 36.8 Å². The third-order valence-electron chi connectivity index (χ3n) is 5.22. The normalized spacial score (nSPS) is 17.1. The zero-order valence-electron chi connectivity index (χ0n) is 17.0. The number of rotatable bonds is 5. The van der Waals surface area contributed by atoms with Crippen molar-refractivity contribution in [3.05, 3.63) is 64.9 Å². The van der Waals surface area contributed by atoms with Crippen LogP contribution in [0.1, 0.15) is 28.7 Å². The first kappa shape index (κ1) is 19.5. The third kappa shape index (κ3) is 4.46. The van der Waals surface area contributed by atoms with Gasteiger partial charge in [0, 0.05) is 37.7 Å². The van der Waals surface area contributed by atoms with Crippen LogP contribution in [-0.2, 0) is 6.54 Å². The highest BCUT2D eigenvalue weighted by molar-refractivity contribution is 5.56. The average molecular weight is 395 g/mol. The predicted octanol–water partition coefficient (Wildman–Crippen LogP) is 3.64. The van der Waals surface area contributed by atoms with Gasteiger partial charge in [-0.15, -0.1) is 0 Å². The predicted molar refractivity (Wildman–Crippen MR) is 111 cm³/mol. The van der Waals surface area contributed by atoms with Crippen molar-refractivity contribution in [1.29, 1.82) is 0 Å². The molecule has 0 saturated carbocycles. The molecule has 152 valence electrons. The SMILES string of the molecule is Cc1cc(C)cc(Nc2ncc(F)c(-n3cc(C)c(CN4CC[C@H](O)C4)c3)n2)c1. The Morgan fingerprint density at radius 2 is 1.93 bits per heavy atom. The maximum atomic E-state index is 14.5. The Kier molecular flexibility index (Phi) is 5.34. The maximum Gasteiger partial charge on any atom is 0.229 e. The van der Waals surface area contributed by atoms with Gasteiger partial charge >= 0.3 is 0 Å². The number of aryl methyl sites for hydroxylation is 3. The summed E-state index contributed by atoms with van der Waals surface area (Å²) in [6.45, 7) is 8.34.